The highest BCUT2D eigenvalue weighted by molar-refractivity contribution is 5.94. The number of amides is 2. The smallest absolute Gasteiger partial charge is 0.323 e. The van der Waals surface area contributed by atoms with Gasteiger partial charge in [-0.1, -0.05) is 38.5 Å². The molecule has 2 rings (SSSR count). The summed E-state index contributed by atoms with van der Waals surface area (Å²) in [7, 11) is 1.87. The highest BCUT2D eigenvalue weighted by Crippen LogP contribution is 2.27. The van der Waals surface area contributed by atoms with Crippen LogP contribution in [0.2, 0.25) is 0 Å². The molecule has 4 nitrogen and oxygen atoms in total. The zero-order chi connectivity index (χ0) is 14.5. The van der Waals surface area contributed by atoms with Crippen molar-refractivity contribution in [2.75, 3.05) is 25.0 Å². The van der Waals surface area contributed by atoms with Gasteiger partial charge in [0.05, 0.1) is 5.69 Å². The highest BCUT2D eigenvalue weighted by atomic mass is 16.2. The molecule has 1 unspecified atom stereocenters. The number of anilines is 1. The van der Waals surface area contributed by atoms with E-state index in [1.807, 2.05) is 24.1 Å². The number of rotatable bonds is 6. The van der Waals surface area contributed by atoms with Gasteiger partial charge in [0.15, 0.2) is 0 Å². The van der Waals surface area contributed by atoms with E-state index in [0.29, 0.717) is 12.6 Å². The van der Waals surface area contributed by atoms with Gasteiger partial charge >= 0.3 is 6.03 Å². The Hall–Kier alpha value is -1.55. The Morgan fingerprint density at radius 1 is 1.30 bits per heavy atom. The second-order valence-electron chi connectivity index (χ2n) is 5.42. The fourth-order valence-electron chi connectivity index (χ4n) is 2.83. The van der Waals surface area contributed by atoms with Crippen molar-refractivity contribution in [3.8, 4) is 0 Å². The van der Waals surface area contributed by atoms with Crippen LogP contribution in [0.5, 0.6) is 0 Å². The quantitative estimate of drug-likeness (QED) is 0.866. The van der Waals surface area contributed by atoms with Crippen molar-refractivity contribution < 1.29 is 4.79 Å². The molecule has 1 aliphatic heterocycles. The summed E-state index contributed by atoms with van der Waals surface area (Å²) in [5.74, 6) is 0. The van der Waals surface area contributed by atoms with E-state index >= 15 is 0 Å². The third kappa shape index (κ3) is 3.12. The molecule has 1 heterocycles. The van der Waals surface area contributed by atoms with E-state index in [2.05, 4.69) is 31.3 Å². The van der Waals surface area contributed by atoms with Gasteiger partial charge in [-0.3, -0.25) is 4.90 Å². The SMILES string of the molecule is CCCC(CN1C(=O)N(C)Cc2ccccc21)NCC. The van der Waals surface area contributed by atoms with E-state index < -0.39 is 0 Å². The average Bonchev–Trinajstić information content (AvgIpc) is 2.44. The Labute approximate surface area is 121 Å². The average molecular weight is 275 g/mol. The molecule has 1 aromatic carbocycles. The maximum Gasteiger partial charge on any atom is 0.324 e. The molecule has 4 heteroatoms. The van der Waals surface area contributed by atoms with Crippen molar-refractivity contribution in [2.45, 2.75) is 39.3 Å². The molecule has 0 spiro atoms. The van der Waals surface area contributed by atoms with Crippen LogP contribution in [-0.2, 0) is 6.54 Å². The second kappa shape index (κ2) is 6.75. The Morgan fingerprint density at radius 3 is 2.75 bits per heavy atom. The third-order valence-electron chi connectivity index (χ3n) is 3.78. The van der Waals surface area contributed by atoms with Crippen molar-refractivity contribution in [1.29, 1.82) is 0 Å². The minimum absolute atomic E-state index is 0.0997. The van der Waals surface area contributed by atoms with Crippen molar-refractivity contribution in [2.24, 2.45) is 0 Å². The maximum atomic E-state index is 12.5. The Balaban J connectivity index is 2.22. The van der Waals surface area contributed by atoms with Crippen LogP contribution in [0.1, 0.15) is 32.3 Å². The summed E-state index contributed by atoms with van der Waals surface area (Å²) in [6, 6.07) is 8.65. The van der Waals surface area contributed by atoms with Gasteiger partial charge in [-0.25, -0.2) is 4.79 Å². The predicted octanol–water partition coefficient (Wildman–Crippen LogP) is 2.84. The van der Waals surface area contributed by atoms with Crippen LogP contribution in [0.25, 0.3) is 0 Å². The molecule has 1 aromatic rings. The largest absolute Gasteiger partial charge is 0.324 e. The maximum absolute atomic E-state index is 12.5. The number of hydrogen-bond donors (Lipinski definition) is 1. The predicted molar refractivity (Wildman–Crippen MR) is 83.0 cm³/mol. The van der Waals surface area contributed by atoms with E-state index in [1.165, 1.54) is 5.56 Å². The van der Waals surface area contributed by atoms with E-state index in [-0.39, 0.29) is 6.03 Å². The summed E-state index contributed by atoms with van der Waals surface area (Å²) in [5.41, 5.74) is 2.29. The first kappa shape index (κ1) is 14.9. The monoisotopic (exact) mass is 275 g/mol. The van der Waals surface area contributed by atoms with E-state index in [0.717, 1.165) is 31.6 Å². The molecule has 1 N–H and O–H groups in total. The number of para-hydroxylation sites is 1. The minimum Gasteiger partial charge on any atom is -0.323 e. The molecule has 0 aliphatic carbocycles. The standard InChI is InChI=1S/C16H25N3O/c1-4-8-14(17-5-2)12-19-15-10-7-6-9-13(15)11-18(3)16(19)20/h6-7,9-10,14,17H,4-5,8,11-12H2,1-3H3. The zero-order valence-corrected chi connectivity index (χ0v) is 12.7. The Morgan fingerprint density at radius 2 is 2.05 bits per heavy atom. The first-order valence-electron chi connectivity index (χ1n) is 7.51. The number of carbonyl (C=O) groups excluding carboxylic acids is 1. The van der Waals surface area contributed by atoms with Crippen molar-refractivity contribution in [1.82, 2.24) is 10.2 Å². The summed E-state index contributed by atoms with van der Waals surface area (Å²) < 4.78 is 0. The minimum atomic E-state index is 0.0997. The van der Waals surface area contributed by atoms with E-state index in [1.54, 1.807) is 4.90 Å². The number of urea groups is 1. The number of carbonyl (C=O) groups is 1. The Bertz CT molecular complexity index is 455. The fraction of sp³-hybridized carbons (Fsp3) is 0.562. The van der Waals surface area contributed by atoms with Crippen LogP contribution in [0.3, 0.4) is 0 Å². The normalized spacial score (nSPS) is 16.2. The number of fused-ring (bicyclic) bond motifs is 1. The second-order valence-corrected chi connectivity index (χ2v) is 5.42. The Kier molecular flexibility index (Phi) is 5.01. The summed E-state index contributed by atoms with van der Waals surface area (Å²) in [6.07, 6.45) is 2.21. The van der Waals surface area contributed by atoms with Gasteiger partial charge in [-0.15, -0.1) is 0 Å². The van der Waals surface area contributed by atoms with Gasteiger partial charge in [-0.05, 0) is 24.6 Å². The van der Waals surface area contributed by atoms with Crippen molar-refractivity contribution in [3.63, 3.8) is 0 Å². The lowest BCUT2D eigenvalue weighted by Gasteiger charge is -2.37. The lowest BCUT2D eigenvalue weighted by molar-refractivity contribution is 0.209. The summed E-state index contributed by atoms with van der Waals surface area (Å²) in [6.45, 7) is 6.67. The highest BCUT2D eigenvalue weighted by Gasteiger charge is 2.29. The number of benzene rings is 1. The number of hydrogen-bond acceptors (Lipinski definition) is 2. The molecule has 0 aromatic heterocycles. The van der Waals surface area contributed by atoms with Crippen molar-refractivity contribution >= 4 is 11.7 Å². The lowest BCUT2D eigenvalue weighted by atomic mass is 10.1. The van der Waals surface area contributed by atoms with Crippen LogP contribution < -0.4 is 10.2 Å². The molecular weight excluding hydrogens is 250 g/mol. The molecule has 1 atom stereocenters. The summed E-state index contributed by atoms with van der Waals surface area (Å²) in [4.78, 5) is 16.2. The van der Waals surface area contributed by atoms with Gasteiger partial charge in [0.1, 0.15) is 0 Å². The molecule has 20 heavy (non-hydrogen) atoms. The first-order chi connectivity index (χ1) is 9.67. The van der Waals surface area contributed by atoms with Gasteiger partial charge in [-0.2, -0.15) is 0 Å². The van der Waals surface area contributed by atoms with Gasteiger partial charge in [0.2, 0.25) is 0 Å². The molecule has 2 amide bonds. The fourth-order valence-corrected chi connectivity index (χ4v) is 2.83. The van der Waals surface area contributed by atoms with Gasteiger partial charge in [0, 0.05) is 26.2 Å². The van der Waals surface area contributed by atoms with Crippen LogP contribution in [-0.4, -0.2) is 37.1 Å². The molecule has 0 saturated heterocycles. The van der Waals surface area contributed by atoms with Crippen molar-refractivity contribution in [3.05, 3.63) is 29.8 Å². The van der Waals surface area contributed by atoms with Gasteiger partial charge in [0.25, 0.3) is 0 Å². The molecular formula is C16H25N3O. The summed E-state index contributed by atoms with van der Waals surface area (Å²) >= 11 is 0. The van der Waals surface area contributed by atoms with E-state index in [4.69, 9.17) is 0 Å². The van der Waals surface area contributed by atoms with Crippen LogP contribution in [0.15, 0.2) is 24.3 Å². The van der Waals surface area contributed by atoms with Gasteiger partial charge < -0.3 is 10.2 Å². The zero-order valence-electron chi connectivity index (χ0n) is 12.7. The third-order valence-corrected chi connectivity index (χ3v) is 3.78. The topological polar surface area (TPSA) is 35.6 Å². The molecule has 0 radical (unpaired) electrons. The number of nitrogens with zero attached hydrogens (tertiary/aromatic N) is 2. The number of likely N-dealkylation sites (N-methyl/N-ethyl adjacent to an activating group) is 1. The molecule has 0 bridgehead atoms. The molecule has 1 aliphatic rings. The molecule has 0 saturated carbocycles. The first-order valence-corrected chi connectivity index (χ1v) is 7.51. The van der Waals surface area contributed by atoms with E-state index in [9.17, 15) is 4.79 Å². The number of nitrogens with one attached hydrogen (secondary N) is 1. The summed E-state index contributed by atoms with van der Waals surface area (Å²) in [5, 5.41) is 3.48. The molecule has 0 fully saturated rings. The lowest BCUT2D eigenvalue weighted by Crippen LogP contribution is -2.50. The van der Waals surface area contributed by atoms with Crippen LogP contribution in [0.4, 0.5) is 10.5 Å². The van der Waals surface area contributed by atoms with Crippen LogP contribution in [0, 0.1) is 0 Å². The molecule has 110 valence electrons. The van der Waals surface area contributed by atoms with Crippen LogP contribution >= 0.6 is 0 Å².